The van der Waals surface area contributed by atoms with E-state index in [0.29, 0.717) is 23.5 Å². The van der Waals surface area contributed by atoms with Crippen LogP contribution >= 0.6 is 0 Å². The van der Waals surface area contributed by atoms with Crippen molar-refractivity contribution in [1.29, 1.82) is 0 Å². The largest absolute Gasteiger partial charge is 0.386 e. The summed E-state index contributed by atoms with van der Waals surface area (Å²) >= 11 is 0. The summed E-state index contributed by atoms with van der Waals surface area (Å²) in [5.74, 6) is -0.701. The SMILES string of the molecule is CCCCc1ccc(C2=C(CC(C)C)C(=O)OC2=O)cc1. The Balaban J connectivity index is 2.30. The topological polar surface area (TPSA) is 43.4 Å². The number of esters is 2. The van der Waals surface area contributed by atoms with Crippen molar-refractivity contribution in [2.75, 3.05) is 0 Å². The van der Waals surface area contributed by atoms with E-state index in [1.54, 1.807) is 0 Å². The number of unbranched alkanes of at least 4 members (excludes halogenated alkanes) is 1. The number of hydrogen-bond donors (Lipinski definition) is 0. The van der Waals surface area contributed by atoms with Crippen LogP contribution < -0.4 is 0 Å². The molecule has 3 nitrogen and oxygen atoms in total. The number of cyclic esters (lactones) is 2. The average Bonchev–Trinajstić information content (AvgIpc) is 2.71. The fraction of sp³-hybridized carbons (Fsp3) is 0.444. The van der Waals surface area contributed by atoms with Gasteiger partial charge in [-0.15, -0.1) is 0 Å². The zero-order valence-electron chi connectivity index (χ0n) is 12.9. The van der Waals surface area contributed by atoms with Gasteiger partial charge in [0, 0.05) is 0 Å². The first-order chi connectivity index (χ1) is 10.0. The second kappa shape index (κ2) is 6.70. The first kappa shape index (κ1) is 15.5. The van der Waals surface area contributed by atoms with E-state index in [0.717, 1.165) is 24.8 Å². The van der Waals surface area contributed by atoms with E-state index in [1.807, 2.05) is 38.1 Å². The van der Waals surface area contributed by atoms with Gasteiger partial charge in [-0.2, -0.15) is 0 Å². The fourth-order valence-corrected chi connectivity index (χ4v) is 2.53. The van der Waals surface area contributed by atoms with Gasteiger partial charge in [0.1, 0.15) is 0 Å². The molecule has 0 saturated heterocycles. The van der Waals surface area contributed by atoms with Crippen molar-refractivity contribution < 1.29 is 14.3 Å². The summed E-state index contributed by atoms with van der Waals surface area (Å²) < 4.78 is 4.78. The van der Waals surface area contributed by atoms with Gasteiger partial charge in [-0.3, -0.25) is 0 Å². The number of rotatable bonds is 6. The minimum Gasteiger partial charge on any atom is -0.386 e. The molecule has 1 heterocycles. The molecule has 0 spiro atoms. The Hall–Kier alpha value is -1.90. The standard InChI is InChI=1S/C18H22O3/c1-4-5-6-13-7-9-14(10-8-13)16-15(11-12(2)3)17(19)21-18(16)20/h7-10,12H,4-6,11H2,1-3H3. The Labute approximate surface area is 126 Å². The van der Waals surface area contributed by atoms with Crippen molar-refractivity contribution in [2.45, 2.75) is 46.5 Å². The van der Waals surface area contributed by atoms with Gasteiger partial charge in [-0.05, 0) is 36.3 Å². The minimum absolute atomic E-state index is 0.303. The van der Waals surface area contributed by atoms with E-state index in [2.05, 4.69) is 6.92 Å². The minimum atomic E-state index is -0.517. The third kappa shape index (κ3) is 3.60. The average molecular weight is 286 g/mol. The molecule has 0 saturated carbocycles. The van der Waals surface area contributed by atoms with Gasteiger partial charge in [0.05, 0.1) is 11.1 Å². The highest BCUT2D eigenvalue weighted by Gasteiger charge is 2.33. The van der Waals surface area contributed by atoms with E-state index in [-0.39, 0.29) is 0 Å². The van der Waals surface area contributed by atoms with Crippen LogP contribution in [0.15, 0.2) is 29.8 Å². The van der Waals surface area contributed by atoms with E-state index in [9.17, 15) is 9.59 Å². The lowest BCUT2D eigenvalue weighted by molar-refractivity contribution is -0.150. The van der Waals surface area contributed by atoms with Gasteiger partial charge in [0.2, 0.25) is 0 Å². The molecule has 2 rings (SSSR count). The summed E-state index contributed by atoms with van der Waals surface area (Å²) in [5.41, 5.74) is 2.98. The van der Waals surface area contributed by atoms with Crippen LogP contribution in [0, 0.1) is 5.92 Å². The predicted molar refractivity (Wildman–Crippen MR) is 82.5 cm³/mol. The molecule has 0 amide bonds. The summed E-state index contributed by atoms with van der Waals surface area (Å²) in [7, 11) is 0. The maximum atomic E-state index is 11.9. The molecule has 0 radical (unpaired) electrons. The van der Waals surface area contributed by atoms with Crippen LogP contribution in [0.2, 0.25) is 0 Å². The zero-order chi connectivity index (χ0) is 15.4. The van der Waals surface area contributed by atoms with E-state index < -0.39 is 11.9 Å². The smallest absolute Gasteiger partial charge is 0.347 e. The van der Waals surface area contributed by atoms with Gasteiger partial charge >= 0.3 is 11.9 Å². The van der Waals surface area contributed by atoms with Crippen LogP contribution in [-0.2, 0) is 20.7 Å². The van der Waals surface area contributed by atoms with Crippen LogP contribution in [-0.4, -0.2) is 11.9 Å². The number of aryl methyl sites for hydroxylation is 1. The number of ether oxygens (including phenoxy) is 1. The molecular formula is C18H22O3. The number of carbonyl (C=O) groups excluding carboxylic acids is 2. The summed E-state index contributed by atoms with van der Waals surface area (Å²) in [6, 6.07) is 7.89. The predicted octanol–water partition coefficient (Wildman–Crippen LogP) is 3.91. The molecule has 0 unspecified atom stereocenters. The Morgan fingerprint density at radius 1 is 1.05 bits per heavy atom. The monoisotopic (exact) mass is 286 g/mol. The first-order valence-electron chi connectivity index (χ1n) is 7.62. The van der Waals surface area contributed by atoms with Gasteiger partial charge in [0.25, 0.3) is 0 Å². The van der Waals surface area contributed by atoms with E-state index in [4.69, 9.17) is 4.74 Å². The lowest BCUT2D eigenvalue weighted by atomic mass is 9.94. The molecule has 0 bridgehead atoms. The van der Waals surface area contributed by atoms with Crippen molar-refractivity contribution >= 4 is 17.5 Å². The summed E-state index contributed by atoms with van der Waals surface area (Å²) in [6.45, 7) is 6.21. The molecule has 0 aliphatic carbocycles. The summed E-state index contributed by atoms with van der Waals surface area (Å²) in [6.07, 6.45) is 3.92. The van der Waals surface area contributed by atoms with E-state index in [1.165, 1.54) is 5.56 Å². The second-order valence-electron chi connectivity index (χ2n) is 5.93. The van der Waals surface area contributed by atoms with Crippen molar-refractivity contribution in [3.05, 3.63) is 41.0 Å². The van der Waals surface area contributed by atoms with E-state index >= 15 is 0 Å². The molecule has 3 heteroatoms. The van der Waals surface area contributed by atoms with Crippen LogP contribution in [0.1, 0.15) is 51.2 Å². The van der Waals surface area contributed by atoms with Gasteiger partial charge < -0.3 is 4.74 Å². The van der Waals surface area contributed by atoms with Gasteiger partial charge in [-0.1, -0.05) is 51.5 Å². The highest BCUT2D eigenvalue weighted by molar-refractivity contribution is 6.30. The number of benzene rings is 1. The molecule has 0 aromatic heterocycles. The molecule has 1 aliphatic heterocycles. The van der Waals surface area contributed by atoms with Crippen molar-refractivity contribution in [2.24, 2.45) is 5.92 Å². The highest BCUT2D eigenvalue weighted by atomic mass is 16.6. The van der Waals surface area contributed by atoms with Gasteiger partial charge in [0.15, 0.2) is 0 Å². The van der Waals surface area contributed by atoms with Crippen LogP contribution in [0.25, 0.3) is 5.57 Å². The molecule has 1 aromatic rings. The van der Waals surface area contributed by atoms with Crippen molar-refractivity contribution in [1.82, 2.24) is 0 Å². The molecule has 0 atom stereocenters. The van der Waals surface area contributed by atoms with Crippen molar-refractivity contribution in [3.63, 3.8) is 0 Å². The highest BCUT2D eigenvalue weighted by Crippen LogP contribution is 2.31. The Morgan fingerprint density at radius 2 is 1.71 bits per heavy atom. The van der Waals surface area contributed by atoms with Crippen molar-refractivity contribution in [3.8, 4) is 0 Å². The normalized spacial score (nSPS) is 15.0. The molecule has 0 N–H and O–H groups in total. The molecule has 112 valence electrons. The molecule has 0 fully saturated rings. The van der Waals surface area contributed by atoms with Crippen LogP contribution in [0.3, 0.4) is 0 Å². The summed E-state index contributed by atoms with van der Waals surface area (Å²) in [4.78, 5) is 23.7. The fourth-order valence-electron chi connectivity index (χ4n) is 2.53. The number of hydrogen-bond acceptors (Lipinski definition) is 3. The lowest BCUT2D eigenvalue weighted by Gasteiger charge is -2.06. The molecule has 1 aromatic carbocycles. The van der Waals surface area contributed by atoms with Gasteiger partial charge in [-0.25, -0.2) is 9.59 Å². The molecular weight excluding hydrogens is 264 g/mol. The Bertz CT molecular complexity index is 565. The lowest BCUT2D eigenvalue weighted by Crippen LogP contribution is -2.03. The third-order valence-electron chi connectivity index (χ3n) is 3.61. The zero-order valence-corrected chi connectivity index (χ0v) is 12.9. The molecule has 1 aliphatic rings. The maximum absolute atomic E-state index is 11.9. The summed E-state index contributed by atoms with van der Waals surface area (Å²) in [5, 5.41) is 0. The van der Waals surface area contributed by atoms with Crippen LogP contribution in [0.5, 0.6) is 0 Å². The number of carbonyl (C=O) groups is 2. The Kier molecular flexibility index (Phi) is 4.94. The Morgan fingerprint density at radius 3 is 2.29 bits per heavy atom. The maximum Gasteiger partial charge on any atom is 0.347 e. The second-order valence-corrected chi connectivity index (χ2v) is 5.93. The quantitative estimate of drug-likeness (QED) is 0.588. The first-order valence-corrected chi connectivity index (χ1v) is 7.62. The van der Waals surface area contributed by atoms with Crippen LogP contribution in [0.4, 0.5) is 0 Å². The molecule has 21 heavy (non-hydrogen) atoms. The third-order valence-corrected chi connectivity index (χ3v) is 3.61.